The number of carbonyl (C=O) groups excluding carboxylic acids is 1. The van der Waals surface area contributed by atoms with Crippen molar-refractivity contribution in [1.29, 1.82) is 0 Å². The highest BCUT2D eigenvalue weighted by atomic mass is 16.5. The maximum Gasteiger partial charge on any atom is 0.231 e. The van der Waals surface area contributed by atoms with Crippen molar-refractivity contribution in [3.63, 3.8) is 0 Å². The summed E-state index contributed by atoms with van der Waals surface area (Å²) in [6, 6.07) is 23.3. The third-order valence-electron chi connectivity index (χ3n) is 4.44. The maximum atomic E-state index is 12.6. The second-order valence-corrected chi connectivity index (χ2v) is 6.64. The van der Waals surface area contributed by atoms with Gasteiger partial charge in [-0.15, -0.1) is 0 Å². The Hall–Kier alpha value is -3.59. The van der Waals surface area contributed by atoms with Crippen molar-refractivity contribution in [1.82, 2.24) is 0 Å². The van der Waals surface area contributed by atoms with E-state index in [1.165, 1.54) is 0 Å². The number of benzene rings is 3. The van der Waals surface area contributed by atoms with Gasteiger partial charge in [-0.2, -0.15) is 0 Å². The van der Waals surface area contributed by atoms with Crippen LogP contribution in [0.3, 0.4) is 0 Å². The Balaban J connectivity index is 1.44. The lowest BCUT2D eigenvalue weighted by Gasteiger charge is -2.04. The molecule has 0 bridgehead atoms. The molecule has 0 amide bonds. The van der Waals surface area contributed by atoms with Crippen LogP contribution >= 0.6 is 0 Å². The largest absolute Gasteiger partial charge is 0.489 e. The molecule has 1 heterocycles. The quantitative estimate of drug-likeness (QED) is 0.542. The molecule has 0 saturated heterocycles. The molecule has 4 rings (SSSR count). The molecule has 3 nitrogen and oxygen atoms in total. The van der Waals surface area contributed by atoms with E-state index >= 15 is 0 Å². The molecule has 138 valence electrons. The van der Waals surface area contributed by atoms with Crippen LogP contribution in [0.25, 0.3) is 12.2 Å². The minimum Gasteiger partial charge on any atom is -0.489 e. The van der Waals surface area contributed by atoms with Crippen molar-refractivity contribution < 1.29 is 14.3 Å². The van der Waals surface area contributed by atoms with E-state index in [0.29, 0.717) is 29.4 Å². The second kappa shape index (κ2) is 7.97. The number of rotatable bonds is 5. The molecule has 0 saturated carbocycles. The zero-order chi connectivity index (χ0) is 19.3. The lowest BCUT2D eigenvalue weighted by molar-refractivity contribution is 0.101. The van der Waals surface area contributed by atoms with Crippen molar-refractivity contribution in [2.24, 2.45) is 0 Å². The molecule has 3 aromatic carbocycles. The molecule has 0 aromatic heterocycles. The second-order valence-electron chi connectivity index (χ2n) is 6.64. The van der Waals surface area contributed by atoms with Crippen molar-refractivity contribution in [3.8, 4) is 11.5 Å². The van der Waals surface area contributed by atoms with E-state index in [0.717, 1.165) is 16.7 Å². The van der Waals surface area contributed by atoms with Gasteiger partial charge in [-0.3, -0.25) is 4.79 Å². The molecule has 3 heteroatoms. The Bertz CT molecular complexity index is 1060. The summed E-state index contributed by atoms with van der Waals surface area (Å²) in [7, 11) is 0. The topological polar surface area (TPSA) is 35.5 Å². The van der Waals surface area contributed by atoms with Crippen LogP contribution in [0.5, 0.6) is 11.5 Å². The summed E-state index contributed by atoms with van der Waals surface area (Å²) in [4.78, 5) is 12.6. The van der Waals surface area contributed by atoms with E-state index in [9.17, 15) is 4.79 Å². The van der Waals surface area contributed by atoms with Gasteiger partial charge in [0.2, 0.25) is 5.78 Å². The van der Waals surface area contributed by atoms with E-state index < -0.39 is 0 Å². The Morgan fingerprint density at radius 1 is 0.929 bits per heavy atom. The lowest BCUT2D eigenvalue weighted by Crippen LogP contribution is -1.98. The van der Waals surface area contributed by atoms with Crippen molar-refractivity contribution in [2.45, 2.75) is 6.92 Å². The van der Waals surface area contributed by atoms with Crippen molar-refractivity contribution in [2.75, 3.05) is 6.61 Å². The number of carbonyl (C=O) groups is 1. The molecule has 3 aromatic rings. The van der Waals surface area contributed by atoms with E-state index in [-0.39, 0.29) is 5.78 Å². The zero-order valence-electron chi connectivity index (χ0n) is 15.6. The molecule has 28 heavy (non-hydrogen) atoms. The summed E-state index contributed by atoms with van der Waals surface area (Å²) >= 11 is 0. The fraction of sp³-hybridized carbons (Fsp3) is 0.0800. The van der Waals surface area contributed by atoms with E-state index in [1.54, 1.807) is 24.3 Å². The fourth-order valence-electron chi connectivity index (χ4n) is 3.06. The number of hydrogen-bond donors (Lipinski definition) is 0. The van der Waals surface area contributed by atoms with Crippen molar-refractivity contribution >= 4 is 17.9 Å². The van der Waals surface area contributed by atoms with E-state index in [1.807, 2.05) is 73.7 Å². The fourth-order valence-corrected chi connectivity index (χ4v) is 3.06. The number of hydrogen-bond acceptors (Lipinski definition) is 3. The summed E-state index contributed by atoms with van der Waals surface area (Å²) in [6.45, 7) is 2.46. The summed E-state index contributed by atoms with van der Waals surface area (Å²) in [5.74, 6) is 1.43. The predicted octanol–water partition coefficient (Wildman–Crippen LogP) is 5.70. The molecular weight excluding hydrogens is 348 g/mol. The molecule has 0 radical (unpaired) electrons. The zero-order valence-corrected chi connectivity index (χ0v) is 15.6. The highest BCUT2D eigenvalue weighted by Gasteiger charge is 2.27. The number of ketones is 1. The normalized spacial score (nSPS) is 14.3. The first-order valence-corrected chi connectivity index (χ1v) is 9.18. The average Bonchev–Trinajstić information content (AvgIpc) is 3.01. The molecule has 0 unspecified atom stereocenters. The van der Waals surface area contributed by atoms with Gasteiger partial charge in [0.05, 0.1) is 5.56 Å². The first kappa shape index (κ1) is 17.8. The van der Waals surface area contributed by atoms with Crippen LogP contribution < -0.4 is 9.47 Å². The highest BCUT2D eigenvalue weighted by Crippen LogP contribution is 2.34. The Kier molecular flexibility index (Phi) is 5.07. The van der Waals surface area contributed by atoms with Crippen LogP contribution in [-0.4, -0.2) is 12.4 Å². The summed E-state index contributed by atoms with van der Waals surface area (Å²) in [5.41, 5.74) is 3.77. The van der Waals surface area contributed by atoms with Gasteiger partial charge < -0.3 is 9.47 Å². The highest BCUT2D eigenvalue weighted by molar-refractivity contribution is 6.14. The third-order valence-corrected chi connectivity index (χ3v) is 4.44. The SMILES string of the molecule is Cc1cccc(/C=C2\Oc3cc(OC/C=C/c4ccccc4)ccc3C2=O)c1. The van der Waals surface area contributed by atoms with Crippen LogP contribution in [0.1, 0.15) is 27.0 Å². The number of aryl methyl sites for hydroxylation is 1. The molecule has 0 N–H and O–H groups in total. The molecule has 0 atom stereocenters. The Morgan fingerprint density at radius 2 is 1.75 bits per heavy atom. The third kappa shape index (κ3) is 4.04. The Labute approximate surface area is 164 Å². The van der Waals surface area contributed by atoms with E-state index in [2.05, 4.69) is 0 Å². The molecular formula is C25H20O3. The monoisotopic (exact) mass is 368 g/mol. The number of Topliss-reactive ketones (excluding diaryl/α,β-unsaturated/α-hetero) is 1. The van der Waals surface area contributed by atoms with Gasteiger partial charge in [-0.1, -0.05) is 66.2 Å². The van der Waals surface area contributed by atoms with Gasteiger partial charge >= 0.3 is 0 Å². The first-order valence-electron chi connectivity index (χ1n) is 9.18. The number of ether oxygens (including phenoxy) is 2. The summed E-state index contributed by atoms with van der Waals surface area (Å²) in [6.07, 6.45) is 5.74. The maximum absolute atomic E-state index is 12.6. The molecule has 1 aliphatic rings. The standard InChI is InChI=1S/C25H20O3/c1-18-7-5-10-20(15-18)16-24-25(26)22-13-12-21(17-23(22)28-24)27-14-6-11-19-8-3-2-4-9-19/h2-13,15-17H,14H2,1H3/b11-6+,24-16-. The minimum atomic E-state index is -0.105. The lowest BCUT2D eigenvalue weighted by atomic mass is 10.1. The van der Waals surface area contributed by atoms with Crippen LogP contribution in [0.4, 0.5) is 0 Å². The smallest absolute Gasteiger partial charge is 0.231 e. The van der Waals surface area contributed by atoms with Gasteiger partial charge in [0.1, 0.15) is 18.1 Å². The van der Waals surface area contributed by atoms with Gasteiger partial charge in [-0.05, 0) is 42.3 Å². The molecule has 0 aliphatic carbocycles. The van der Waals surface area contributed by atoms with Crippen LogP contribution in [0.15, 0.2) is 84.6 Å². The van der Waals surface area contributed by atoms with Gasteiger partial charge in [0.15, 0.2) is 5.76 Å². The average molecular weight is 368 g/mol. The van der Waals surface area contributed by atoms with E-state index in [4.69, 9.17) is 9.47 Å². The number of allylic oxidation sites excluding steroid dienone is 1. The molecule has 1 aliphatic heterocycles. The number of fused-ring (bicyclic) bond motifs is 1. The molecule has 0 fully saturated rings. The van der Waals surface area contributed by atoms with Gasteiger partial charge in [0, 0.05) is 6.07 Å². The predicted molar refractivity (Wildman–Crippen MR) is 112 cm³/mol. The van der Waals surface area contributed by atoms with Gasteiger partial charge in [0.25, 0.3) is 0 Å². The van der Waals surface area contributed by atoms with Crippen molar-refractivity contribution in [3.05, 3.63) is 107 Å². The summed E-state index contributed by atoms with van der Waals surface area (Å²) in [5, 5.41) is 0. The van der Waals surface area contributed by atoms with Crippen LogP contribution in [0, 0.1) is 6.92 Å². The van der Waals surface area contributed by atoms with Crippen LogP contribution in [0.2, 0.25) is 0 Å². The summed E-state index contributed by atoms with van der Waals surface area (Å²) < 4.78 is 11.6. The van der Waals surface area contributed by atoms with Gasteiger partial charge in [-0.25, -0.2) is 0 Å². The Morgan fingerprint density at radius 3 is 2.57 bits per heavy atom. The minimum absolute atomic E-state index is 0.105. The molecule has 0 spiro atoms. The first-order chi connectivity index (χ1) is 13.7. The van der Waals surface area contributed by atoms with Crippen LogP contribution in [-0.2, 0) is 0 Å².